The van der Waals surface area contributed by atoms with Gasteiger partial charge in [-0.15, -0.1) is 0 Å². The molecule has 0 heterocycles. The average molecular weight is 395 g/mol. The Morgan fingerprint density at radius 1 is 0.684 bits per heavy atom. The molecule has 0 N–H and O–H groups in total. The second-order valence-corrected chi connectivity index (χ2v) is 16.0. The van der Waals surface area contributed by atoms with Gasteiger partial charge in [0, 0.05) is 0 Å². The molecular weight excluding hydrogens is 377 g/mol. The standard InChI is InChI=1S/2C4H9.2C2F3.Sn/c2*1-3-4-2;2*3-1-2(4)5;/h2*1,3-4H2,2H3;;;. The molecule has 0 saturated heterocycles. The molecule has 0 radical (unpaired) electrons. The van der Waals surface area contributed by atoms with Crippen LogP contribution in [0.1, 0.15) is 39.5 Å². The Balaban J connectivity index is 5.72. The van der Waals surface area contributed by atoms with Gasteiger partial charge in [0.05, 0.1) is 0 Å². The molecule has 0 rings (SSSR count). The van der Waals surface area contributed by atoms with Gasteiger partial charge in [0.2, 0.25) is 0 Å². The third-order valence-corrected chi connectivity index (χ3v) is 15.9. The summed E-state index contributed by atoms with van der Waals surface area (Å²) in [6, 6.07) is 0. The van der Waals surface area contributed by atoms with Crippen molar-refractivity contribution in [2.45, 2.75) is 48.4 Å². The number of halogens is 6. The first-order valence-corrected chi connectivity index (χ1v) is 13.1. The number of hydrogen-bond acceptors (Lipinski definition) is 0. The number of hydrogen-bond donors (Lipinski definition) is 0. The van der Waals surface area contributed by atoms with Gasteiger partial charge >= 0.3 is 113 Å². The summed E-state index contributed by atoms with van der Waals surface area (Å²) in [4.78, 5) is 0. The predicted molar refractivity (Wildman–Crippen MR) is 65.9 cm³/mol. The third kappa shape index (κ3) is 5.04. The van der Waals surface area contributed by atoms with Crippen molar-refractivity contribution in [3.63, 3.8) is 0 Å². The van der Waals surface area contributed by atoms with Crippen molar-refractivity contribution in [1.82, 2.24) is 0 Å². The fourth-order valence-electron chi connectivity index (χ4n) is 1.98. The van der Waals surface area contributed by atoms with Crippen molar-refractivity contribution in [2.24, 2.45) is 0 Å². The minimum absolute atomic E-state index is 0.183. The molecule has 0 bridgehead atoms. The zero-order valence-corrected chi connectivity index (χ0v) is 13.9. The molecule has 0 amide bonds. The Labute approximate surface area is 113 Å². The van der Waals surface area contributed by atoms with E-state index in [1.807, 2.05) is 0 Å². The molecule has 112 valence electrons. The first kappa shape index (κ1) is 18.9. The molecule has 0 unspecified atom stereocenters. The Kier molecular flexibility index (Phi) is 8.85. The molecule has 0 saturated carbocycles. The molecule has 0 aliphatic rings. The molecule has 0 aliphatic carbocycles. The quantitative estimate of drug-likeness (QED) is 0.336. The maximum atomic E-state index is 13.7. The van der Waals surface area contributed by atoms with Gasteiger partial charge in [-0.3, -0.25) is 0 Å². The number of rotatable bonds is 8. The molecule has 0 aromatic rings. The van der Waals surface area contributed by atoms with Crippen LogP contribution >= 0.6 is 0 Å². The molecule has 0 spiro atoms. The zero-order valence-electron chi connectivity index (χ0n) is 11.0. The van der Waals surface area contributed by atoms with E-state index in [-0.39, 0.29) is 21.7 Å². The van der Waals surface area contributed by atoms with Gasteiger partial charge in [0.1, 0.15) is 0 Å². The van der Waals surface area contributed by atoms with Crippen LogP contribution in [-0.2, 0) is 0 Å². The number of unbranched alkanes of at least 4 members (excludes halogenated alkanes) is 2. The van der Waals surface area contributed by atoms with E-state index in [1.54, 1.807) is 13.8 Å². The van der Waals surface area contributed by atoms with Crippen molar-refractivity contribution in [3.8, 4) is 0 Å². The summed E-state index contributed by atoms with van der Waals surface area (Å²) in [5.41, 5.74) is 0. The van der Waals surface area contributed by atoms with Crippen LogP contribution in [0.2, 0.25) is 8.87 Å². The second-order valence-electron chi connectivity index (χ2n) is 4.44. The Morgan fingerprint density at radius 2 is 1.00 bits per heavy atom. The second kappa shape index (κ2) is 8.92. The zero-order chi connectivity index (χ0) is 15.1. The summed E-state index contributed by atoms with van der Waals surface area (Å²) in [7, 11) is 0. The summed E-state index contributed by atoms with van der Waals surface area (Å²) in [6.07, 6.45) is -3.68. The van der Waals surface area contributed by atoms with Crippen molar-refractivity contribution < 1.29 is 26.3 Å². The van der Waals surface area contributed by atoms with Gasteiger partial charge < -0.3 is 0 Å². The van der Waals surface area contributed by atoms with Crippen LogP contribution in [0.25, 0.3) is 0 Å². The van der Waals surface area contributed by atoms with Crippen LogP contribution in [0.15, 0.2) is 19.8 Å². The van der Waals surface area contributed by atoms with E-state index in [9.17, 15) is 26.3 Å². The van der Waals surface area contributed by atoms with E-state index in [1.165, 1.54) is 0 Å². The first-order chi connectivity index (χ1) is 8.83. The topological polar surface area (TPSA) is 0 Å². The molecular formula is C12H18F6Sn. The van der Waals surface area contributed by atoms with Crippen molar-refractivity contribution >= 4 is 18.4 Å². The van der Waals surface area contributed by atoms with Gasteiger partial charge in [-0.05, 0) is 0 Å². The van der Waals surface area contributed by atoms with Crippen LogP contribution in [0.4, 0.5) is 26.3 Å². The summed E-state index contributed by atoms with van der Waals surface area (Å²) < 4.78 is 73.4. The van der Waals surface area contributed by atoms with Gasteiger partial charge in [-0.2, -0.15) is 0 Å². The van der Waals surface area contributed by atoms with E-state index < -0.39 is 38.2 Å². The van der Waals surface area contributed by atoms with E-state index in [0.29, 0.717) is 12.8 Å². The van der Waals surface area contributed by atoms with Crippen molar-refractivity contribution in [3.05, 3.63) is 19.8 Å². The van der Waals surface area contributed by atoms with E-state index in [4.69, 9.17) is 0 Å². The van der Waals surface area contributed by atoms with Gasteiger partial charge in [0.15, 0.2) is 0 Å². The van der Waals surface area contributed by atoms with Crippen LogP contribution in [0.5, 0.6) is 0 Å². The minimum atomic E-state index is -5.13. The van der Waals surface area contributed by atoms with Crippen molar-refractivity contribution in [2.75, 3.05) is 0 Å². The molecule has 0 atom stereocenters. The normalized spacial score (nSPS) is 11.4. The van der Waals surface area contributed by atoms with Gasteiger partial charge in [0.25, 0.3) is 0 Å². The van der Waals surface area contributed by atoms with Crippen LogP contribution < -0.4 is 0 Å². The predicted octanol–water partition coefficient (Wildman–Crippen LogP) is 6.27. The van der Waals surface area contributed by atoms with Gasteiger partial charge in [-0.25, -0.2) is 0 Å². The van der Waals surface area contributed by atoms with E-state index in [2.05, 4.69) is 0 Å². The average Bonchev–Trinajstić information content (AvgIpc) is 2.37. The molecule has 0 aromatic heterocycles. The summed E-state index contributed by atoms with van der Waals surface area (Å²) in [5.74, 6) is 0. The van der Waals surface area contributed by atoms with E-state index in [0.717, 1.165) is 0 Å². The Hall–Kier alpha value is -0.141. The SMILES string of the molecule is CCC[CH2][Sn]([CH2]CCC)([C](F)=C(F)F)[C](F)=C(F)F. The van der Waals surface area contributed by atoms with Gasteiger partial charge in [-0.1, -0.05) is 0 Å². The molecule has 0 aliphatic heterocycles. The summed E-state index contributed by atoms with van der Waals surface area (Å²) in [6.45, 7) is 3.44. The third-order valence-electron chi connectivity index (χ3n) is 3.09. The molecule has 0 fully saturated rings. The first-order valence-electron chi connectivity index (χ1n) is 6.26. The maximum absolute atomic E-state index is 13.7. The summed E-state index contributed by atoms with van der Waals surface area (Å²) in [5, 5.41) is 0. The molecule has 0 nitrogen and oxygen atoms in total. The Morgan fingerprint density at radius 3 is 1.21 bits per heavy atom. The van der Waals surface area contributed by atoms with Crippen LogP contribution in [0.3, 0.4) is 0 Å². The van der Waals surface area contributed by atoms with Crippen LogP contribution in [-0.4, -0.2) is 18.4 Å². The molecule has 19 heavy (non-hydrogen) atoms. The molecule has 0 aromatic carbocycles. The van der Waals surface area contributed by atoms with Crippen molar-refractivity contribution in [1.29, 1.82) is 0 Å². The Bertz CT molecular complexity index is 308. The van der Waals surface area contributed by atoms with E-state index >= 15 is 0 Å². The van der Waals surface area contributed by atoms with Crippen LogP contribution in [0, 0.1) is 0 Å². The summed E-state index contributed by atoms with van der Waals surface area (Å²) >= 11 is -5.13. The molecule has 7 heteroatoms. The fraction of sp³-hybridized carbons (Fsp3) is 0.667. The monoisotopic (exact) mass is 396 g/mol. The fourth-order valence-corrected chi connectivity index (χ4v) is 13.3.